The molecule has 0 atom stereocenters. The molecule has 0 aromatic heterocycles. The van der Waals surface area contributed by atoms with Gasteiger partial charge in [0.2, 0.25) is 0 Å². The smallest absolute Gasteiger partial charge is 0.0701 e. The van der Waals surface area contributed by atoms with E-state index in [1.54, 1.807) is 27.4 Å². The standard InChI is InChI=1S/C29H58O13/c1-5-6-39-25-29(26-40-22-19-36-16-13-33-10-7-30-2,27-41-23-20-37-17-14-34-11-8-31-3)28-42-24-21-38-18-15-35-12-9-32-4/h5H,1,6-28H2,2-4H3. The minimum Gasteiger partial charge on any atom is -0.382 e. The summed E-state index contributed by atoms with van der Waals surface area (Å²) in [5, 5.41) is 0. The summed E-state index contributed by atoms with van der Waals surface area (Å²) in [5.74, 6) is 0. The number of methoxy groups -OCH3 is 3. The maximum absolute atomic E-state index is 5.99. The molecule has 0 aromatic rings. The van der Waals surface area contributed by atoms with Crippen LogP contribution in [0.5, 0.6) is 0 Å². The fourth-order valence-electron chi connectivity index (χ4n) is 3.22. The third-order valence-electron chi connectivity index (χ3n) is 5.40. The Labute approximate surface area is 253 Å². The Morgan fingerprint density at radius 2 is 0.595 bits per heavy atom. The Morgan fingerprint density at radius 3 is 0.857 bits per heavy atom. The molecule has 0 bridgehead atoms. The van der Waals surface area contributed by atoms with E-state index in [1.807, 2.05) is 0 Å². The lowest BCUT2D eigenvalue weighted by atomic mass is 9.92. The molecule has 0 aliphatic heterocycles. The first-order valence-corrected chi connectivity index (χ1v) is 14.6. The second kappa shape index (κ2) is 34.7. The van der Waals surface area contributed by atoms with Gasteiger partial charge in [-0.1, -0.05) is 6.08 Å². The molecule has 0 rings (SSSR count). The zero-order chi connectivity index (χ0) is 30.7. The summed E-state index contributed by atoms with van der Waals surface area (Å²) >= 11 is 0. The molecule has 13 nitrogen and oxygen atoms in total. The SMILES string of the molecule is C=CCOCC(COCCOCCOCCOC)(COCCOCCOCCOC)COCCOCCOCCOC. The summed E-state index contributed by atoms with van der Waals surface area (Å²) in [6.45, 7) is 14.5. The highest BCUT2D eigenvalue weighted by atomic mass is 16.6. The van der Waals surface area contributed by atoms with Gasteiger partial charge in [-0.3, -0.25) is 0 Å². The van der Waals surface area contributed by atoms with Gasteiger partial charge in [-0.25, -0.2) is 0 Å². The van der Waals surface area contributed by atoms with Crippen molar-refractivity contribution in [1.29, 1.82) is 0 Å². The molecule has 0 saturated carbocycles. The molecule has 0 aliphatic carbocycles. The molecule has 0 aliphatic rings. The molecule has 0 amide bonds. The van der Waals surface area contributed by atoms with E-state index in [0.717, 1.165) is 0 Å². The van der Waals surface area contributed by atoms with Crippen molar-refractivity contribution in [3.8, 4) is 0 Å². The van der Waals surface area contributed by atoms with Crippen LogP contribution in [-0.2, 0) is 61.6 Å². The van der Waals surface area contributed by atoms with Crippen LogP contribution in [0.15, 0.2) is 12.7 Å². The first-order valence-electron chi connectivity index (χ1n) is 14.6. The average Bonchev–Trinajstić information content (AvgIpc) is 3.00. The van der Waals surface area contributed by atoms with E-state index >= 15 is 0 Å². The first kappa shape index (κ1) is 41.2. The maximum atomic E-state index is 5.99. The number of ether oxygens (including phenoxy) is 13. The molecule has 0 N–H and O–H groups in total. The van der Waals surface area contributed by atoms with Gasteiger partial charge in [-0.2, -0.15) is 0 Å². The fraction of sp³-hybridized carbons (Fsp3) is 0.931. The summed E-state index contributed by atoms with van der Waals surface area (Å²) in [6, 6.07) is 0. The van der Waals surface area contributed by atoms with E-state index in [1.165, 1.54) is 0 Å². The van der Waals surface area contributed by atoms with Crippen molar-refractivity contribution in [1.82, 2.24) is 0 Å². The normalized spacial score (nSPS) is 11.9. The van der Waals surface area contributed by atoms with Gasteiger partial charge in [-0.05, 0) is 0 Å². The van der Waals surface area contributed by atoms with Crippen LogP contribution in [-0.4, -0.2) is 173 Å². The second-order valence-corrected chi connectivity index (χ2v) is 9.11. The van der Waals surface area contributed by atoms with Crippen LogP contribution in [0.2, 0.25) is 0 Å². The van der Waals surface area contributed by atoms with Crippen LogP contribution in [0, 0.1) is 5.41 Å². The average molecular weight is 615 g/mol. The Hall–Kier alpha value is -0.780. The highest BCUT2D eigenvalue weighted by Gasteiger charge is 2.32. The van der Waals surface area contributed by atoms with Crippen molar-refractivity contribution in [3.05, 3.63) is 12.7 Å². The van der Waals surface area contributed by atoms with Crippen LogP contribution in [0.25, 0.3) is 0 Å². The molecule has 13 heteroatoms. The van der Waals surface area contributed by atoms with Crippen molar-refractivity contribution < 1.29 is 61.6 Å². The third-order valence-corrected chi connectivity index (χ3v) is 5.40. The van der Waals surface area contributed by atoms with Gasteiger partial charge in [0.05, 0.1) is 157 Å². The zero-order valence-corrected chi connectivity index (χ0v) is 26.4. The zero-order valence-electron chi connectivity index (χ0n) is 26.4. The monoisotopic (exact) mass is 614 g/mol. The van der Waals surface area contributed by atoms with E-state index in [9.17, 15) is 0 Å². The van der Waals surface area contributed by atoms with Crippen molar-refractivity contribution in [2.24, 2.45) is 5.41 Å². The third kappa shape index (κ3) is 29.3. The maximum Gasteiger partial charge on any atom is 0.0701 e. The second-order valence-electron chi connectivity index (χ2n) is 9.11. The van der Waals surface area contributed by atoms with E-state index in [4.69, 9.17) is 61.6 Å². The lowest BCUT2D eigenvalue weighted by Crippen LogP contribution is -2.42. The minimum absolute atomic E-state index is 0.361. The first-order chi connectivity index (χ1) is 20.7. The molecule has 0 aromatic carbocycles. The summed E-state index contributed by atoms with van der Waals surface area (Å²) < 4.78 is 71.7. The molecule has 0 fully saturated rings. The molecule has 0 unspecified atom stereocenters. The van der Waals surface area contributed by atoms with Crippen molar-refractivity contribution >= 4 is 0 Å². The highest BCUT2D eigenvalue weighted by molar-refractivity contribution is 4.80. The molecule has 0 radical (unpaired) electrons. The molecular formula is C29H58O13. The molecule has 42 heavy (non-hydrogen) atoms. The van der Waals surface area contributed by atoms with Crippen LogP contribution < -0.4 is 0 Å². The Bertz CT molecular complexity index is 468. The number of hydrogen-bond acceptors (Lipinski definition) is 13. The number of hydrogen-bond donors (Lipinski definition) is 0. The predicted octanol–water partition coefficient (Wildman–Crippen LogP) is 1.26. The van der Waals surface area contributed by atoms with Crippen molar-refractivity contribution in [2.45, 2.75) is 0 Å². The van der Waals surface area contributed by atoms with E-state index < -0.39 is 5.41 Å². The van der Waals surface area contributed by atoms with Gasteiger partial charge in [0.1, 0.15) is 0 Å². The van der Waals surface area contributed by atoms with Gasteiger partial charge < -0.3 is 61.6 Å². The lowest BCUT2D eigenvalue weighted by Gasteiger charge is -2.33. The van der Waals surface area contributed by atoms with Crippen LogP contribution in [0.3, 0.4) is 0 Å². The summed E-state index contributed by atoms with van der Waals surface area (Å²) in [6.07, 6.45) is 1.71. The summed E-state index contributed by atoms with van der Waals surface area (Å²) in [4.78, 5) is 0. The molecule has 0 spiro atoms. The van der Waals surface area contributed by atoms with E-state index in [-0.39, 0.29) is 0 Å². The molecule has 0 heterocycles. The Kier molecular flexibility index (Phi) is 34.1. The topological polar surface area (TPSA) is 120 Å². The van der Waals surface area contributed by atoms with Gasteiger partial charge >= 0.3 is 0 Å². The molecular weight excluding hydrogens is 556 g/mol. The summed E-state index contributed by atoms with van der Waals surface area (Å²) in [7, 11) is 4.92. The van der Waals surface area contributed by atoms with E-state index in [0.29, 0.717) is 152 Å². The van der Waals surface area contributed by atoms with Gasteiger partial charge in [0.25, 0.3) is 0 Å². The van der Waals surface area contributed by atoms with Crippen LogP contribution >= 0.6 is 0 Å². The predicted molar refractivity (Wildman–Crippen MR) is 156 cm³/mol. The molecule has 252 valence electrons. The minimum atomic E-state index is -0.543. The lowest BCUT2D eigenvalue weighted by molar-refractivity contribution is -0.117. The van der Waals surface area contributed by atoms with Crippen molar-refractivity contribution in [3.63, 3.8) is 0 Å². The number of rotatable bonds is 37. The van der Waals surface area contributed by atoms with Crippen LogP contribution in [0.1, 0.15) is 0 Å². The van der Waals surface area contributed by atoms with Crippen LogP contribution in [0.4, 0.5) is 0 Å². The van der Waals surface area contributed by atoms with Crippen molar-refractivity contribution in [2.75, 3.05) is 173 Å². The Balaban J connectivity index is 4.58. The van der Waals surface area contributed by atoms with E-state index in [2.05, 4.69) is 6.58 Å². The largest absolute Gasteiger partial charge is 0.382 e. The molecule has 0 saturated heterocycles. The van der Waals surface area contributed by atoms with Gasteiger partial charge in [0.15, 0.2) is 0 Å². The summed E-state index contributed by atoms with van der Waals surface area (Å²) in [5.41, 5.74) is -0.543. The Morgan fingerprint density at radius 1 is 0.357 bits per heavy atom. The quantitative estimate of drug-likeness (QED) is 0.0739. The van der Waals surface area contributed by atoms with Gasteiger partial charge in [0, 0.05) is 21.3 Å². The fourth-order valence-corrected chi connectivity index (χ4v) is 3.22. The van der Waals surface area contributed by atoms with Gasteiger partial charge in [-0.15, -0.1) is 6.58 Å². The highest BCUT2D eigenvalue weighted by Crippen LogP contribution is 2.21.